The highest BCUT2D eigenvalue weighted by molar-refractivity contribution is 9.10. The Bertz CT molecular complexity index is 688. The normalized spacial score (nSPS) is 26.4. The summed E-state index contributed by atoms with van der Waals surface area (Å²) in [5.74, 6) is 0. The van der Waals surface area contributed by atoms with Crippen LogP contribution in [0.5, 0.6) is 0 Å². The monoisotopic (exact) mass is 466 g/mol. The number of hydrogen-bond acceptors (Lipinski definition) is 4. The van der Waals surface area contributed by atoms with Crippen molar-refractivity contribution in [2.24, 2.45) is 0 Å². The minimum absolute atomic E-state index is 0.0707. The number of hydrogen-bond donors (Lipinski definition) is 0. The van der Waals surface area contributed by atoms with Gasteiger partial charge in [-0.05, 0) is 58.1 Å². The molecule has 1 aromatic carbocycles. The molecule has 162 valence electrons. The number of halogens is 1. The van der Waals surface area contributed by atoms with Crippen molar-refractivity contribution in [3.63, 3.8) is 0 Å². The zero-order valence-corrected chi connectivity index (χ0v) is 19.8. The molecular formula is C23H35BrN2O3. The number of carbonyl (C=O) groups excluding carboxylic acids is 1. The lowest BCUT2D eigenvalue weighted by molar-refractivity contribution is -0.0594. The van der Waals surface area contributed by atoms with Gasteiger partial charge in [0.25, 0.3) is 0 Å². The smallest absolute Gasteiger partial charge is 0.410 e. The molecule has 0 spiro atoms. The number of ether oxygens (including phenoxy) is 2. The Labute approximate surface area is 183 Å². The molecule has 0 N–H and O–H groups in total. The highest BCUT2D eigenvalue weighted by atomic mass is 79.9. The van der Waals surface area contributed by atoms with Crippen molar-refractivity contribution in [2.75, 3.05) is 33.3 Å². The van der Waals surface area contributed by atoms with E-state index in [9.17, 15) is 4.79 Å². The topological polar surface area (TPSA) is 42.0 Å². The van der Waals surface area contributed by atoms with Gasteiger partial charge in [-0.25, -0.2) is 4.79 Å². The second kappa shape index (κ2) is 9.36. The number of piperazine rings is 1. The Morgan fingerprint density at radius 2 is 1.76 bits per heavy atom. The number of methoxy groups -OCH3 is 1. The molecule has 0 radical (unpaired) electrons. The first kappa shape index (κ1) is 22.6. The Kier molecular flexibility index (Phi) is 7.28. The Morgan fingerprint density at radius 1 is 1.14 bits per heavy atom. The van der Waals surface area contributed by atoms with Gasteiger partial charge in [-0.1, -0.05) is 34.1 Å². The van der Waals surface area contributed by atoms with Crippen LogP contribution in [0.1, 0.15) is 52.0 Å². The van der Waals surface area contributed by atoms with Crippen molar-refractivity contribution in [1.82, 2.24) is 9.80 Å². The van der Waals surface area contributed by atoms with Crippen LogP contribution in [0.3, 0.4) is 0 Å². The van der Waals surface area contributed by atoms with Gasteiger partial charge < -0.3 is 14.4 Å². The van der Waals surface area contributed by atoms with E-state index in [2.05, 4.69) is 45.1 Å². The lowest BCUT2D eigenvalue weighted by Crippen LogP contribution is -2.54. The SMILES string of the molecule is COC1(Cc2ccccc2Br)CCC(N2CCN(C(=O)OC(C)(C)C)CC2)CC1. The molecule has 29 heavy (non-hydrogen) atoms. The van der Waals surface area contributed by atoms with Gasteiger partial charge in [0, 0.05) is 50.2 Å². The Morgan fingerprint density at radius 3 is 2.31 bits per heavy atom. The fourth-order valence-corrected chi connectivity index (χ4v) is 4.96. The van der Waals surface area contributed by atoms with Crippen LogP contribution in [-0.2, 0) is 15.9 Å². The predicted octanol–water partition coefficient (Wildman–Crippen LogP) is 4.87. The van der Waals surface area contributed by atoms with Gasteiger partial charge in [0.15, 0.2) is 0 Å². The first-order valence-electron chi connectivity index (χ1n) is 10.7. The van der Waals surface area contributed by atoms with Crippen molar-refractivity contribution in [3.05, 3.63) is 34.3 Å². The largest absolute Gasteiger partial charge is 0.444 e. The number of nitrogens with zero attached hydrogens (tertiary/aromatic N) is 2. The van der Waals surface area contributed by atoms with Crippen LogP contribution >= 0.6 is 15.9 Å². The lowest BCUT2D eigenvalue weighted by atomic mass is 9.77. The van der Waals surface area contributed by atoms with Crippen LogP contribution in [0.25, 0.3) is 0 Å². The number of benzene rings is 1. The molecule has 1 heterocycles. The first-order chi connectivity index (χ1) is 13.7. The number of amides is 1. The summed E-state index contributed by atoms with van der Waals surface area (Å²) in [6.07, 6.45) is 5.19. The van der Waals surface area contributed by atoms with Crippen molar-refractivity contribution < 1.29 is 14.3 Å². The third-order valence-electron chi connectivity index (χ3n) is 6.25. The maximum Gasteiger partial charge on any atom is 0.410 e. The molecule has 1 aliphatic carbocycles. The summed E-state index contributed by atoms with van der Waals surface area (Å²) in [6, 6.07) is 9.03. The fraction of sp³-hybridized carbons (Fsp3) is 0.696. The van der Waals surface area contributed by atoms with Crippen molar-refractivity contribution in [1.29, 1.82) is 0 Å². The molecule has 1 aliphatic heterocycles. The van der Waals surface area contributed by atoms with E-state index in [4.69, 9.17) is 9.47 Å². The fourth-order valence-electron chi connectivity index (χ4n) is 4.53. The standard InChI is InChI=1S/C23H35BrN2O3/c1-22(2,3)29-21(27)26-15-13-25(14-16-26)19-9-11-23(28-4,12-10-19)17-18-7-5-6-8-20(18)24/h5-8,19H,9-17H2,1-4H3. The summed E-state index contributed by atoms with van der Waals surface area (Å²) in [6.45, 7) is 9.09. The Hall–Kier alpha value is -1.11. The van der Waals surface area contributed by atoms with Gasteiger partial charge in [-0.15, -0.1) is 0 Å². The van der Waals surface area contributed by atoms with E-state index in [1.54, 1.807) is 0 Å². The molecule has 1 saturated carbocycles. The van der Waals surface area contributed by atoms with E-state index in [1.807, 2.05) is 32.8 Å². The number of carbonyl (C=O) groups is 1. The highest BCUT2D eigenvalue weighted by Crippen LogP contribution is 2.37. The summed E-state index contributed by atoms with van der Waals surface area (Å²) >= 11 is 3.68. The first-order valence-corrected chi connectivity index (χ1v) is 11.5. The summed E-state index contributed by atoms with van der Waals surface area (Å²) in [7, 11) is 1.86. The summed E-state index contributed by atoms with van der Waals surface area (Å²) < 4.78 is 12.7. The van der Waals surface area contributed by atoms with Gasteiger partial charge in [0.05, 0.1) is 5.60 Å². The molecule has 5 nitrogen and oxygen atoms in total. The minimum atomic E-state index is -0.436. The average molecular weight is 467 g/mol. The third-order valence-corrected chi connectivity index (χ3v) is 7.03. The van der Waals surface area contributed by atoms with Crippen LogP contribution in [0.2, 0.25) is 0 Å². The van der Waals surface area contributed by atoms with E-state index in [0.717, 1.165) is 62.8 Å². The van der Waals surface area contributed by atoms with Gasteiger partial charge >= 0.3 is 6.09 Å². The predicted molar refractivity (Wildman–Crippen MR) is 119 cm³/mol. The van der Waals surface area contributed by atoms with Crippen LogP contribution in [-0.4, -0.2) is 66.4 Å². The maximum absolute atomic E-state index is 12.3. The zero-order chi connectivity index (χ0) is 21.1. The van der Waals surface area contributed by atoms with E-state index in [1.165, 1.54) is 5.56 Å². The molecular weight excluding hydrogens is 432 g/mol. The quantitative estimate of drug-likeness (QED) is 0.634. The zero-order valence-electron chi connectivity index (χ0n) is 18.2. The molecule has 1 amide bonds. The van der Waals surface area contributed by atoms with Crippen molar-refractivity contribution >= 4 is 22.0 Å². The van der Waals surface area contributed by atoms with Crippen LogP contribution in [0.15, 0.2) is 28.7 Å². The third kappa shape index (κ3) is 5.96. The maximum atomic E-state index is 12.3. The lowest BCUT2D eigenvalue weighted by Gasteiger charge is -2.45. The van der Waals surface area contributed by atoms with Gasteiger partial charge in [0.1, 0.15) is 5.60 Å². The number of rotatable bonds is 4. The second-order valence-corrected chi connectivity index (χ2v) is 10.2. The van der Waals surface area contributed by atoms with E-state index >= 15 is 0 Å². The molecule has 6 heteroatoms. The molecule has 1 aromatic rings. The molecule has 0 bridgehead atoms. The molecule has 0 aromatic heterocycles. The summed E-state index contributed by atoms with van der Waals surface area (Å²) in [5, 5.41) is 0. The van der Waals surface area contributed by atoms with E-state index < -0.39 is 5.60 Å². The molecule has 1 saturated heterocycles. The summed E-state index contributed by atoms with van der Waals surface area (Å²) in [5.41, 5.74) is 0.812. The van der Waals surface area contributed by atoms with Gasteiger partial charge in [-0.2, -0.15) is 0 Å². The molecule has 2 aliphatic rings. The van der Waals surface area contributed by atoms with E-state index in [0.29, 0.717) is 6.04 Å². The average Bonchev–Trinajstić information content (AvgIpc) is 2.69. The van der Waals surface area contributed by atoms with Gasteiger partial charge in [-0.3, -0.25) is 4.90 Å². The van der Waals surface area contributed by atoms with Gasteiger partial charge in [0.2, 0.25) is 0 Å². The minimum Gasteiger partial charge on any atom is -0.444 e. The van der Waals surface area contributed by atoms with E-state index in [-0.39, 0.29) is 11.7 Å². The van der Waals surface area contributed by atoms with Crippen molar-refractivity contribution in [3.8, 4) is 0 Å². The molecule has 0 unspecified atom stereocenters. The summed E-state index contributed by atoms with van der Waals surface area (Å²) in [4.78, 5) is 16.7. The van der Waals surface area contributed by atoms with Crippen LogP contribution in [0.4, 0.5) is 4.79 Å². The molecule has 2 fully saturated rings. The Balaban J connectivity index is 1.50. The molecule has 0 atom stereocenters. The second-order valence-electron chi connectivity index (χ2n) is 9.39. The van der Waals surface area contributed by atoms with Crippen LogP contribution in [0, 0.1) is 0 Å². The highest BCUT2D eigenvalue weighted by Gasteiger charge is 2.38. The van der Waals surface area contributed by atoms with Crippen LogP contribution < -0.4 is 0 Å². The molecule has 3 rings (SSSR count). The van der Waals surface area contributed by atoms with Crippen molar-refractivity contribution in [2.45, 2.75) is 70.1 Å².